The van der Waals surface area contributed by atoms with Crippen molar-refractivity contribution >= 4 is 47.3 Å². The molecular formula is C16H24N4O6S2. The SMILES string of the molecule is CC1(C)SC(C(N)C(=O)N[C@@H]2C(=O)N3C(C(=O)O)C(C)(C)S[C@H]23)NC1C(=O)O. The van der Waals surface area contributed by atoms with E-state index in [0.29, 0.717) is 0 Å². The van der Waals surface area contributed by atoms with Gasteiger partial charge in [-0.25, -0.2) is 4.79 Å². The van der Waals surface area contributed by atoms with Gasteiger partial charge in [0.2, 0.25) is 11.8 Å². The minimum Gasteiger partial charge on any atom is -0.480 e. The zero-order chi connectivity index (χ0) is 21.2. The number of nitrogens with one attached hydrogen (secondary N) is 2. The van der Waals surface area contributed by atoms with Crippen molar-refractivity contribution in [3.05, 3.63) is 0 Å². The average Bonchev–Trinajstić information content (AvgIpc) is 3.02. The molecule has 156 valence electrons. The van der Waals surface area contributed by atoms with E-state index in [-0.39, 0.29) is 0 Å². The molecule has 0 aromatic rings. The second-order valence-electron chi connectivity index (χ2n) is 8.19. The fourth-order valence-corrected chi connectivity index (χ4v) is 6.93. The van der Waals surface area contributed by atoms with Crippen molar-refractivity contribution in [1.29, 1.82) is 0 Å². The summed E-state index contributed by atoms with van der Waals surface area (Å²) in [7, 11) is 0. The van der Waals surface area contributed by atoms with E-state index in [0.717, 1.165) is 0 Å². The number of nitrogens with zero attached hydrogens (tertiary/aromatic N) is 1. The van der Waals surface area contributed by atoms with Crippen LogP contribution >= 0.6 is 23.5 Å². The average molecular weight is 433 g/mol. The van der Waals surface area contributed by atoms with Crippen molar-refractivity contribution in [2.45, 2.75) is 72.1 Å². The number of fused-ring (bicyclic) bond motifs is 1. The van der Waals surface area contributed by atoms with Gasteiger partial charge in [-0.15, -0.1) is 23.5 Å². The van der Waals surface area contributed by atoms with Gasteiger partial charge in [-0.3, -0.25) is 19.7 Å². The maximum absolute atomic E-state index is 12.6. The highest BCUT2D eigenvalue weighted by Gasteiger charge is 2.64. The summed E-state index contributed by atoms with van der Waals surface area (Å²) in [6.07, 6.45) is 0. The van der Waals surface area contributed by atoms with Crippen LogP contribution in [0.4, 0.5) is 0 Å². The third-order valence-corrected chi connectivity index (χ3v) is 8.40. The minimum absolute atomic E-state index is 0.452. The van der Waals surface area contributed by atoms with Gasteiger partial charge in [0.15, 0.2) is 0 Å². The van der Waals surface area contributed by atoms with Gasteiger partial charge in [-0.05, 0) is 27.7 Å². The number of amides is 2. The van der Waals surface area contributed by atoms with Crippen molar-refractivity contribution in [2.24, 2.45) is 5.73 Å². The molecule has 28 heavy (non-hydrogen) atoms. The molecule has 3 aliphatic heterocycles. The predicted octanol–water partition coefficient (Wildman–Crippen LogP) is -1.16. The molecule has 12 heteroatoms. The third kappa shape index (κ3) is 3.25. The van der Waals surface area contributed by atoms with E-state index < -0.39 is 68.2 Å². The molecule has 0 aliphatic carbocycles. The van der Waals surface area contributed by atoms with Crippen LogP contribution in [0.2, 0.25) is 0 Å². The highest BCUT2D eigenvalue weighted by molar-refractivity contribution is 8.02. The van der Waals surface area contributed by atoms with E-state index in [1.54, 1.807) is 27.7 Å². The predicted molar refractivity (Wildman–Crippen MR) is 104 cm³/mol. The van der Waals surface area contributed by atoms with Crippen LogP contribution in [0.25, 0.3) is 0 Å². The van der Waals surface area contributed by atoms with Crippen molar-refractivity contribution in [3.8, 4) is 0 Å². The molecule has 4 unspecified atom stereocenters. The lowest BCUT2D eigenvalue weighted by atomic mass is 9.96. The zero-order valence-corrected chi connectivity index (χ0v) is 17.5. The first-order valence-corrected chi connectivity index (χ1v) is 10.5. The molecule has 3 heterocycles. The van der Waals surface area contributed by atoms with Gasteiger partial charge in [-0.1, -0.05) is 0 Å². The molecule has 3 saturated heterocycles. The summed E-state index contributed by atoms with van der Waals surface area (Å²) in [4.78, 5) is 49.3. The Morgan fingerprint density at radius 3 is 2.25 bits per heavy atom. The van der Waals surface area contributed by atoms with E-state index in [1.165, 1.54) is 28.4 Å². The maximum atomic E-state index is 12.6. The van der Waals surface area contributed by atoms with Crippen LogP contribution in [0.5, 0.6) is 0 Å². The molecule has 0 radical (unpaired) electrons. The van der Waals surface area contributed by atoms with Gasteiger partial charge in [0.05, 0.1) is 5.37 Å². The number of rotatable bonds is 5. The Kier molecular flexibility index (Phi) is 5.14. The molecule has 0 aromatic carbocycles. The van der Waals surface area contributed by atoms with Gasteiger partial charge in [0, 0.05) is 9.49 Å². The number of hydrogen-bond donors (Lipinski definition) is 5. The van der Waals surface area contributed by atoms with Crippen LogP contribution < -0.4 is 16.4 Å². The Hall–Kier alpha value is -1.50. The second-order valence-corrected chi connectivity index (χ2v) is 11.8. The monoisotopic (exact) mass is 432 g/mol. The van der Waals surface area contributed by atoms with Crippen LogP contribution in [0.3, 0.4) is 0 Å². The molecule has 0 saturated carbocycles. The molecule has 2 amide bonds. The van der Waals surface area contributed by atoms with Crippen LogP contribution in [-0.4, -0.2) is 83.3 Å². The van der Waals surface area contributed by atoms with Crippen molar-refractivity contribution in [2.75, 3.05) is 0 Å². The molecule has 3 fully saturated rings. The van der Waals surface area contributed by atoms with Crippen LogP contribution in [0.1, 0.15) is 27.7 Å². The number of carboxylic acids is 2. The molecule has 10 nitrogen and oxygen atoms in total. The lowest BCUT2D eigenvalue weighted by Gasteiger charge is -2.44. The first kappa shape index (κ1) is 21.2. The largest absolute Gasteiger partial charge is 0.480 e. The summed E-state index contributed by atoms with van der Waals surface area (Å²) in [6.45, 7) is 7.01. The molecular weight excluding hydrogens is 408 g/mol. The van der Waals surface area contributed by atoms with Crippen molar-refractivity contribution < 1.29 is 29.4 Å². The molecule has 0 aromatic heterocycles. The number of β-lactam (4-membered cyclic amide) rings is 1. The normalized spacial score (nSPS) is 36.4. The number of carbonyl (C=O) groups excluding carboxylic acids is 2. The first-order valence-electron chi connectivity index (χ1n) is 8.73. The van der Waals surface area contributed by atoms with Crippen molar-refractivity contribution in [1.82, 2.24) is 15.5 Å². The fraction of sp³-hybridized carbons (Fsp3) is 0.750. The Bertz CT molecular complexity index is 745. The molecule has 6 N–H and O–H groups in total. The van der Waals surface area contributed by atoms with Crippen LogP contribution in [-0.2, 0) is 19.2 Å². The minimum atomic E-state index is -1.08. The number of aliphatic carboxylic acids is 2. The summed E-state index contributed by atoms with van der Waals surface area (Å²) in [5.74, 6) is -3.14. The quantitative estimate of drug-likeness (QED) is 0.335. The lowest BCUT2D eigenvalue weighted by molar-refractivity contribution is -0.161. The molecule has 0 bridgehead atoms. The molecule has 6 atom stereocenters. The smallest absolute Gasteiger partial charge is 0.327 e. The number of nitrogens with two attached hydrogens (primary N) is 1. The maximum Gasteiger partial charge on any atom is 0.327 e. The summed E-state index contributed by atoms with van der Waals surface area (Å²) < 4.78 is -1.34. The van der Waals surface area contributed by atoms with Crippen LogP contribution in [0.15, 0.2) is 0 Å². The summed E-state index contributed by atoms with van der Waals surface area (Å²) in [5, 5.41) is 23.1. The van der Waals surface area contributed by atoms with E-state index in [9.17, 15) is 29.4 Å². The number of hydrogen-bond acceptors (Lipinski definition) is 8. The van der Waals surface area contributed by atoms with E-state index in [1.807, 2.05) is 0 Å². The van der Waals surface area contributed by atoms with Gasteiger partial charge in [-0.2, -0.15) is 0 Å². The van der Waals surface area contributed by atoms with Crippen LogP contribution in [0, 0.1) is 0 Å². The Morgan fingerprint density at radius 1 is 1.14 bits per heavy atom. The number of thioether (sulfide) groups is 2. The molecule has 0 spiro atoms. The highest BCUT2D eigenvalue weighted by Crippen LogP contribution is 2.50. The first-order chi connectivity index (χ1) is 12.8. The highest BCUT2D eigenvalue weighted by atomic mass is 32.2. The topological polar surface area (TPSA) is 162 Å². The van der Waals surface area contributed by atoms with E-state index >= 15 is 0 Å². The van der Waals surface area contributed by atoms with Gasteiger partial charge in [0.25, 0.3) is 0 Å². The molecule has 3 rings (SSSR count). The van der Waals surface area contributed by atoms with Gasteiger partial charge < -0.3 is 26.2 Å². The zero-order valence-electron chi connectivity index (χ0n) is 15.8. The fourth-order valence-electron chi connectivity index (χ4n) is 3.87. The summed E-state index contributed by atoms with van der Waals surface area (Å²) >= 11 is 2.59. The van der Waals surface area contributed by atoms with E-state index in [4.69, 9.17) is 5.73 Å². The Balaban J connectivity index is 1.66. The number of carboxylic acid groups (broad SMARTS) is 2. The van der Waals surface area contributed by atoms with Crippen molar-refractivity contribution in [3.63, 3.8) is 0 Å². The number of carbonyl (C=O) groups is 4. The second kappa shape index (κ2) is 6.78. The van der Waals surface area contributed by atoms with Gasteiger partial charge in [0.1, 0.15) is 29.5 Å². The Labute approximate surface area is 170 Å². The summed E-state index contributed by atoms with van der Waals surface area (Å²) in [5.41, 5.74) is 6.03. The molecule has 3 aliphatic rings. The Morgan fingerprint density at radius 2 is 1.75 bits per heavy atom. The third-order valence-electron chi connectivity index (χ3n) is 5.31. The summed E-state index contributed by atoms with van der Waals surface area (Å²) in [6, 6.07) is -3.72. The van der Waals surface area contributed by atoms with E-state index in [2.05, 4.69) is 10.6 Å². The standard InChI is InChI=1S/C16H24N4O6S2/c1-15(2)7(13(23)24)19-10(27-15)5(17)9(21)18-6-11(22)20-8(14(25)26)16(3,4)28-12(6)20/h5-8,10,12,19H,17H2,1-4H3,(H,18,21)(H,23,24)(H,25,26)/t5?,6-,7?,8?,10?,12-/m1/s1. The van der Waals surface area contributed by atoms with Gasteiger partial charge >= 0.3 is 11.9 Å². The lowest BCUT2D eigenvalue weighted by Crippen LogP contribution is -2.72.